The number of aliphatic hydroxyl groups is 1. The maximum atomic E-state index is 13.7. The van der Waals surface area contributed by atoms with Crippen LogP contribution in [-0.4, -0.2) is 76.1 Å². The van der Waals surface area contributed by atoms with Gasteiger partial charge in [-0.3, -0.25) is 14.4 Å². The summed E-state index contributed by atoms with van der Waals surface area (Å²) < 4.78 is 16.5. The van der Waals surface area contributed by atoms with Crippen LogP contribution >= 0.6 is 0 Å². The van der Waals surface area contributed by atoms with Crippen LogP contribution in [0.2, 0.25) is 0 Å². The first-order valence-electron chi connectivity index (χ1n) is 14.0. The highest BCUT2D eigenvalue weighted by atomic mass is 16.6. The number of likely N-dealkylation sites (tertiary alicyclic amines) is 1. The first-order chi connectivity index (χ1) is 20.4. The van der Waals surface area contributed by atoms with Gasteiger partial charge in [-0.2, -0.15) is 0 Å². The summed E-state index contributed by atoms with van der Waals surface area (Å²) in [5, 5.41) is 13.4. The zero-order chi connectivity index (χ0) is 31.6. The van der Waals surface area contributed by atoms with E-state index in [1.165, 1.54) is 4.90 Å². The summed E-state index contributed by atoms with van der Waals surface area (Å²) in [5.74, 6) is -4.43. The summed E-state index contributed by atoms with van der Waals surface area (Å²) >= 11 is 0. The Bertz CT molecular complexity index is 1260. The molecule has 0 radical (unpaired) electrons. The van der Waals surface area contributed by atoms with E-state index < -0.39 is 66.0 Å². The molecule has 232 valence electrons. The van der Waals surface area contributed by atoms with Crippen LogP contribution in [0.15, 0.2) is 60.7 Å². The van der Waals surface area contributed by atoms with E-state index >= 15 is 0 Å². The van der Waals surface area contributed by atoms with Gasteiger partial charge in [0.05, 0.1) is 13.0 Å². The molecule has 3 amide bonds. The van der Waals surface area contributed by atoms with Crippen LogP contribution in [-0.2, 0) is 51.4 Å². The van der Waals surface area contributed by atoms with Crippen molar-refractivity contribution >= 4 is 29.7 Å². The lowest BCUT2D eigenvalue weighted by atomic mass is 10.1. The molecule has 1 aliphatic rings. The summed E-state index contributed by atoms with van der Waals surface area (Å²) in [6.45, 7) is 5.03. The summed E-state index contributed by atoms with van der Waals surface area (Å²) in [7, 11) is 0. The van der Waals surface area contributed by atoms with Crippen molar-refractivity contribution in [3.63, 3.8) is 0 Å². The number of nitrogens with zero attached hydrogens (tertiary/aromatic N) is 1. The molecule has 12 heteroatoms. The van der Waals surface area contributed by atoms with Crippen molar-refractivity contribution in [3.8, 4) is 0 Å². The Morgan fingerprint density at radius 1 is 0.977 bits per heavy atom. The minimum absolute atomic E-state index is 0.129. The van der Waals surface area contributed by atoms with Crippen molar-refractivity contribution in [1.82, 2.24) is 10.2 Å². The lowest BCUT2D eigenvalue weighted by molar-refractivity contribution is -0.170. The van der Waals surface area contributed by atoms with Crippen LogP contribution in [0.4, 0.5) is 0 Å². The van der Waals surface area contributed by atoms with Crippen molar-refractivity contribution in [1.29, 1.82) is 0 Å². The van der Waals surface area contributed by atoms with Gasteiger partial charge in [0.1, 0.15) is 24.3 Å². The quantitative estimate of drug-likeness (QED) is 0.288. The maximum Gasteiger partial charge on any atom is 0.329 e. The number of hydrogen-bond acceptors (Lipinski definition) is 9. The molecule has 0 saturated carbocycles. The first kappa shape index (κ1) is 33.2. The Kier molecular flexibility index (Phi) is 11.8. The number of nitrogens with two attached hydrogens (primary N) is 1. The van der Waals surface area contributed by atoms with Gasteiger partial charge >= 0.3 is 11.9 Å². The van der Waals surface area contributed by atoms with Crippen LogP contribution < -0.4 is 11.1 Å². The molecule has 2 aromatic carbocycles. The first-order valence-corrected chi connectivity index (χ1v) is 14.0. The fourth-order valence-corrected chi connectivity index (χ4v) is 4.48. The van der Waals surface area contributed by atoms with E-state index in [-0.39, 0.29) is 19.8 Å². The zero-order valence-corrected chi connectivity index (χ0v) is 24.6. The van der Waals surface area contributed by atoms with E-state index in [4.69, 9.17) is 19.9 Å². The van der Waals surface area contributed by atoms with E-state index in [1.807, 2.05) is 0 Å². The molecule has 4 N–H and O–H groups in total. The van der Waals surface area contributed by atoms with E-state index in [2.05, 4.69) is 5.32 Å². The van der Waals surface area contributed by atoms with Gasteiger partial charge < -0.3 is 35.3 Å². The number of nitrogens with one attached hydrogen (secondary N) is 1. The van der Waals surface area contributed by atoms with Crippen molar-refractivity contribution in [3.05, 3.63) is 71.8 Å². The van der Waals surface area contributed by atoms with E-state index in [0.717, 1.165) is 0 Å². The fraction of sp³-hybridized carbons (Fsp3) is 0.452. The van der Waals surface area contributed by atoms with Gasteiger partial charge in [0, 0.05) is 6.54 Å². The second kappa shape index (κ2) is 15.3. The minimum atomic E-state index is -2.12. The fourth-order valence-electron chi connectivity index (χ4n) is 4.48. The number of carbonyl (C=O) groups excluding carboxylic acids is 5. The second-order valence-electron chi connectivity index (χ2n) is 11.2. The molecule has 3 rings (SSSR count). The molecule has 1 fully saturated rings. The van der Waals surface area contributed by atoms with Gasteiger partial charge in [-0.25, -0.2) is 9.59 Å². The number of ether oxygens (including phenoxy) is 3. The van der Waals surface area contributed by atoms with Crippen molar-refractivity contribution in [2.75, 3.05) is 6.54 Å². The predicted octanol–water partition coefficient (Wildman–Crippen LogP) is 1.37. The average Bonchev–Trinajstić information content (AvgIpc) is 3.46. The topological polar surface area (TPSA) is 175 Å². The monoisotopic (exact) mass is 597 g/mol. The van der Waals surface area contributed by atoms with E-state index in [9.17, 15) is 29.1 Å². The van der Waals surface area contributed by atoms with Crippen molar-refractivity contribution in [2.24, 2.45) is 5.73 Å². The molecule has 0 aliphatic carbocycles. The van der Waals surface area contributed by atoms with Crippen LogP contribution in [0.1, 0.15) is 51.2 Å². The number of amides is 3. The number of hydrogen-bond donors (Lipinski definition) is 3. The zero-order valence-electron chi connectivity index (χ0n) is 24.6. The van der Waals surface area contributed by atoms with Crippen molar-refractivity contribution in [2.45, 2.75) is 83.1 Å². The minimum Gasteiger partial charge on any atom is -0.459 e. The second-order valence-corrected chi connectivity index (χ2v) is 11.2. The predicted molar refractivity (Wildman–Crippen MR) is 154 cm³/mol. The molecule has 1 saturated heterocycles. The van der Waals surface area contributed by atoms with Gasteiger partial charge in [0.15, 0.2) is 12.2 Å². The molecule has 0 aromatic heterocycles. The molecule has 1 heterocycles. The third-order valence-corrected chi connectivity index (χ3v) is 6.52. The molecular formula is C31H39N3O9. The molecule has 43 heavy (non-hydrogen) atoms. The SMILES string of the molecule is CC(C)(C)OC(=O)[C@@H]1CCCN1C(=O)[C@@H](OCc1ccccc1)[C@H](O)C(=O)N[C@H](CC(N)=O)C(=O)OCc1ccccc1. The van der Waals surface area contributed by atoms with Crippen LogP contribution in [0.5, 0.6) is 0 Å². The number of carbonyl (C=O) groups is 5. The van der Waals surface area contributed by atoms with Crippen LogP contribution in [0, 0.1) is 0 Å². The maximum absolute atomic E-state index is 13.7. The normalized spacial score (nSPS) is 16.9. The highest BCUT2D eigenvalue weighted by Gasteiger charge is 2.44. The van der Waals surface area contributed by atoms with Gasteiger partial charge in [-0.15, -0.1) is 0 Å². The summed E-state index contributed by atoms with van der Waals surface area (Å²) in [4.78, 5) is 65.5. The highest BCUT2D eigenvalue weighted by molar-refractivity contribution is 5.95. The Morgan fingerprint density at radius 2 is 1.56 bits per heavy atom. The molecule has 4 atom stereocenters. The highest BCUT2D eigenvalue weighted by Crippen LogP contribution is 2.24. The van der Waals surface area contributed by atoms with Gasteiger partial charge in [-0.05, 0) is 44.7 Å². The van der Waals surface area contributed by atoms with Crippen LogP contribution in [0.25, 0.3) is 0 Å². The standard InChI is InChI=1S/C31H39N3O9/c1-31(2,3)43-30(40)23-15-10-16-34(23)28(38)26(41-18-20-11-6-4-7-12-20)25(36)27(37)33-22(17-24(32)35)29(39)42-19-21-13-8-5-9-14-21/h4-9,11-14,22-23,25-26,36H,10,15-19H2,1-3H3,(H2,32,35)(H,33,37)/t22-,23+,25+,26+/m1/s1. The number of aliphatic hydroxyl groups excluding tert-OH is 1. The Hall–Kier alpha value is -4.29. The molecule has 2 aromatic rings. The summed E-state index contributed by atoms with van der Waals surface area (Å²) in [6.07, 6.45) is -3.65. The molecular weight excluding hydrogens is 558 g/mol. The largest absolute Gasteiger partial charge is 0.459 e. The van der Waals surface area contributed by atoms with Crippen molar-refractivity contribution < 1.29 is 43.3 Å². The molecule has 0 bridgehead atoms. The Morgan fingerprint density at radius 3 is 2.12 bits per heavy atom. The lowest BCUT2D eigenvalue weighted by Crippen LogP contribution is -2.56. The van der Waals surface area contributed by atoms with Crippen LogP contribution in [0.3, 0.4) is 0 Å². The molecule has 12 nitrogen and oxygen atoms in total. The summed E-state index contributed by atoms with van der Waals surface area (Å²) in [5.41, 5.74) is 5.83. The number of rotatable bonds is 13. The van der Waals surface area contributed by atoms with Gasteiger partial charge in [0.25, 0.3) is 11.8 Å². The Labute approximate surface area is 250 Å². The van der Waals surface area contributed by atoms with E-state index in [1.54, 1.807) is 81.4 Å². The average molecular weight is 598 g/mol. The molecule has 0 spiro atoms. The lowest BCUT2D eigenvalue weighted by Gasteiger charge is -2.31. The third kappa shape index (κ3) is 10.2. The molecule has 0 unspecified atom stereocenters. The summed E-state index contributed by atoms with van der Waals surface area (Å²) in [6, 6.07) is 15.1. The number of benzene rings is 2. The number of primary amides is 1. The van der Waals surface area contributed by atoms with Gasteiger partial charge in [0.2, 0.25) is 5.91 Å². The number of esters is 2. The van der Waals surface area contributed by atoms with Gasteiger partial charge in [-0.1, -0.05) is 60.7 Å². The third-order valence-electron chi connectivity index (χ3n) is 6.52. The van der Waals surface area contributed by atoms with E-state index in [0.29, 0.717) is 24.0 Å². The Balaban J connectivity index is 1.78. The molecule has 1 aliphatic heterocycles. The smallest absolute Gasteiger partial charge is 0.329 e.